The van der Waals surface area contributed by atoms with Crippen LogP contribution in [-0.2, 0) is 19.1 Å². The van der Waals surface area contributed by atoms with Gasteiger partial charge >= 0.3 is 6.18 Å². The molecule has 0 bridgehead atoms. The second-order valence-corrected chi connectivity index (χ2v) is 9.27. The molecule has 0 amide bonds. The minimum Gasteiger partial charge on any atom is -0.310 e. The van der Waals surface area contributed by atoms with E-state index in [2.05, 4.69) is 15.5 Å². The molecule has 3 aromatic rings. The molecule has 2 aliphatic carbocycles. The molecule has 0 radical (unpaired) electrons. The molecule has 0 saturated heterocycles. The number of hydrogen-bond acceptors (Lipinski definition) is 3. The number of fused-ring (bicyclic) bond motifs is 1. The predicted molar refractivity (Wildman–Crippen MR) is 113 cm³/mol. The predicted octanol–water partition coefficient (Wildman–Crippen LogP) is 5.79. The fraction of sp³-hybridized carbons (Fsp3) is 0.500. The lowest BCUT2D eigenvalue weighted by atomic mass is 9.81. The van der Waals surface area contributed by atoms with Gasteiger partial charge in [-0.05, 0) is 73.6 Å². The summed E-state index contributed by atoms with van der Waals surface area (Å²) < 4.78 is 70.6. The fourth-order valence-electron chi connectivity index (χ4n) is 4.91. The minimum absolute atomic E-state index is 0.00776. The maximum Gasteiger partial charge on any atom is 0.420 e. The maximum atomic E-state index is 14.1. The molecule has 1 aromatic carbocycles. The number of aromatic nitrogens is 3. The highest BCUT2D eigenvalue weighted by Gasteiger charge is 2.38. The smallest absolute Gasteiger partial charge is 0.310 e. The van der Waals surface area contributed by atoms with Crippen LogP contribution in [0.5, 0.6) is 0 Å². The van der Waals surface area contributed by atoms with Crippen LogP contribution < -0.4 is 5.32 Å². The third-order valence-electron chi connectivity index (χ3n) is 6.90. The van der Waals surface area contributed by atoms with Gasteiger partial charge in [0.1, 0.15) is 23.0 Å². The summed E-state index contributed by atoms with van der Waals surface area (Å²) in [5.74, 6) is -0.0812. The van der Waals surface area contributed by atoms with Crippen molar-refractivity contribution in [3.8, 4) is 0 Å². The Bertz CT molecular complexity index is 1140. The lowest BCUT2D eigenvalue weighted by Gasteiger charge is -2.30. The number of hydrogen-bond donors (Lipinski definition) is 1. The van der Waals surface area contributed by atoms with Crippen LogP contribution in [0, 0.1) is 17.6 Å². The Hall–Kier alpha value is -2.55. The van der Waals surface area contributed by atoms with Gasteiger partial charge in [0.25, 0.3) is 0 Å². The van der Waals surface area contributed by atoms with Crippen LogP contribution in [0.2, 0.25) is 0 Å². The van der Waals surface area contributed by atoms with Gasteiger partial charge < -0.3 is 5.32 Å². The SMILES string of the molecule is Fc1ccc(C2CCC(NCc3ccn4c(CC5CC5)nnc4c3C(F)(F)F)CC2)c(F)c1. The second kappa shape index (κ2) is 8.66. The molecule has 2 aromatic heterocycles. The number of alkyl halides is 3. The van der Waals surface area contributed by atoms with Gasteiger partial charge in [0.2, 0.25) is 0 Å². The highest BCUT2D eigenvalue weighted by Crippen LogP contribution is 2.38. The first kappa shape index (κ1) is 22.3. The first-order chi connectivity index (χ1) is 15.8. The summed E-state index contributed by atoms with van der Waals surface area (Å²) in [5, 5.41) is 11.2. The summed E-state index contributed by atoms with van der Waals surface area (Å²) >= 11 is 0. The van der Waals surface area contributed by atoms with Crippen molar-refractivity contribution < 1.29 is 22.0 Å². The molecule has 0 aliphatic heterocycles. The van der Waals surface area contributed by atoms with Crippen LogP contribution >= 0.6 is 0 Å². The Balaban J connectivity index is 1.27. The maximum absolute atomic E-state index is 14.1. The van der Waals surface area contributed by atoms with Crippen LogP contribution in [0.15, 0.2) is 30.5 Å². The second-order valence-electron chi connectivity index (χ2n) is 9.27. The van der Waals surface area contributed by atoms with E-state index in [9.17, 15) is 22.0 Å². The van der Waals surface area contributed by atoms with Crippen molar-refractivity contribution in [2.45, 2.75) is 69.6 Å². The lowest BCUT2D eigenvalue weighted by Crippen LogP contribution is -2.33. The molecule has 2 aliphatic rings. The standard InChI is InChI=1S/C24H25F5N4/c25-17-5-8-19(20(26)12-17)15-3-6-18(7-4-15)30-13-16-9-10-33-21(11-14-1-2-14)31-32-23(33)22(16)24(27,28)29/h5,8-10,12,14-15,18,30H,1-4,6-7,11,13H2. The number of nitrogens with zero attached hydrogens (tertiary/aromatic N) is 3. The molecule has 2 heterocycles. The Labute approximate surface area is 188 Å². The Morgan fingerprint density at radius 1 is 0.970 bits per heavy atom. The zero-order valence-electron chi connectivity index (χ0n) is 18.0. The van der Waals surface area contributed by atoms with E-state index < -0.39 is 23.4 Å². The van der Waals surface area contributed by atoms with E-state index in [1.807, 2.05) is 0 Å². The van der Waals surface area contributed by atoms with Gasteiger partial charge in [-0.3, -0.25) is 4.40 Å². The molecule has 0 spiro atoms. The zero-order valence-corrected chi connectivity index (χ0v) is 18.0. The van der Waals surface area contributed by atoms with Gasteiger partial charge in [0, 0.05) is 31.3 Å². The number of rotatable bonds is 6. The molecule has 2 fully saturated rings. The van der Waals surface area contributed by atoms with Crippen LogP contribution in [0.4, 0.5) is 22.0 Å². The Morgan fingerprint density at radius 2 is 1.73 bits per heavy atom. The first-order valence-corrected chi connectivity index (χ1v) is 11.4. The van der Waals surface area contributed by atoms with Crippen molar-refractivity contribution in [1.29, 1.82) is 0 Å². The van der Waals surface area contributed by atoms with Crippen molar-refractivity contribution in [3.05, 3.63) is 64.6 Å². The molecule has 0 unspecified atom stereocenters. The van der Waals surface area contributed by atoms with Crippen LogP contribution in [0.25, 0.3) is 5.65 Å². The molecule has 2 saturated carbocycles. The van der Waals surface area contributed by atoms with Gasteiger partial charge in [0.05, 0.1) is 0 Å². The van der Waals surface area contributed by atoms with E-state index in [0.717, 1.165) is 18.9 Å². The monoisotopic (exact) mass is 464 g/mol. The largest absolute Gasteiger partial charge is 0.420 e. The van der Waals surface area contributed by atoms with E-state index in [0.29, 0.717) is 49.4 Å². The third kappa shape index (κ3) is 4.74. The zero-order chi connectivity index (χ0) is 23.2. The highest BCUT2D eigenvalue weighted by atomic mass is 19.4. The van der Waals surface area contributed by atoms with Crippen molar-refractivity contribution in [3.63, 3.8) is 0 Å². The number of pyridine rings is 1. The summed E-state index contributed by atoms with van der Waals surface area (Å²) in [5.41, 5.74) is -0.234. The van der Waals surface area contributed by atoms with E-state index in [1.54, 1.807) is 6.20 Å². The average Bonchev–Trinajstić information content (AvgIpc) is 3.50. The molecule has 176 valence electrons. The van der Waals surface area contributed by atoms with Gasteiger partial charge in [-0.25, -0.2) is 8.78 Å². The molecule has 33 heavy (non-hydrogen) atoms. The van der Waals surface area contributed by atoms with Crippen LogP contribution in [0.1, 0.15) is 67.0 Å². The van der Waals surface area contributed by atoms with Gasteiger partial charge in [-0.1, -0.05) is 6.07 Å². The van der Waals surface area contributed by atoms with E-state index >= 15 is 0 Å². The lowest BCUT2D eigenvalue weighted by molar-refractivity contribution is -0.137. The number of halogens is 5. The van der Waals surface area contributed by atoms with E-state index in [-0.39, 0.29) is 29.7 Å². The molecule has 0 atom stereocenters. The fourth-order valence-corrected chi connectivity index (χ4v) is 4.91. The van der Waals surface area contributed by atoms with Gasteiger partial charge in [-0.2, -0.15) is 13.2 Å². The molecular formula is C24H25F5N4. The molecule has 4 nitrogen and oxygen atoms in total. The minimum atomic E-state index is -4.54. The normalized spacial score (nSPS) is 21.6. The number of nitrogens with one attached hydrogen (secondary N) is 1. The summed E-state index contributed by atoms with van der Waals surface area (Å²) in [6.45, 7) is 0.0659. The summed E-state index contributed by atoms with van der Waals surface area (Å²) in [7, 11) is 0. The quantitative estimate of drug-likeness (QED) is 0.469. The van der Waals surface area contributed by atoms with Crippen LogP contribution in [0.3, 0.4) is 0 Å². The Morgan fingerprint density at radius 3 is 2.39 bits per heavy atom. The van der Waals surface area contributed by atoms with Gasteiger partial charge in [0.15, 0.2) is 5.65 Å². The summed E-state index contributed by atoms with van der Waals surface area (Å²) in [6.07, 6.45) is 2.71. The number of benzene rings is 1. The van der Waals surface area contributed by atoms with Crippen molar-refractivity contribution in [2.24, 2.45) is 5.92 Å². The van der Waals surface area contributed by atoms with Crippen molar-refractivity contribution >= 4 is 5.65 Å². The van der Waals surface area contributed by atoms with Crippen LogP contribution in [-0.4, -0.2) is 20.6 Å². The Kier molecular flexibility index (Phi) is 5.84. The molecule has 9 heteroatoms. The van der Waals surface area contributed by atoms with E-state index in [1.165, 1.54) is 22.6 Å². The topological polar surface area (TPSA) is 42.2 Å². The van der Waals surface area contributed by atoms with E-state index in [4.69, 9.17) is 0 Å². The molecule has 1 N–H and O–H groups in total. The summed E-state index contributed by atoms with van der Waals surface area (Å²) in [6, 6.07) is 5.18. The van der Waals surface area contributed by atoms with Crippen molar-refractivity contribution in [1.82, 2.24) is 19.9 Å². The third-order valence-corrected chi connectivity index (χ3v) is 6.90. The average molecular weight is 464 g/mol. The molecular weight excluding hydrogens is 439 g/mol. The van der Waals surface area contributed by atoms with Gasteiger partial charge in [-0.15, -0.1) is 10.2 Å². The first-order valence-electron chi connectivity index (χ1n) is 11.4. The summed E-state index contributed by atoms with van der Waals surface area (Å²) in [4.78, 5) is 0. The van der Waals surface area contributed by atoms with Crippen molar-refractivity contribution in [2.75, 3.05) is 0 Å². The molecule has 5 rings (SSSR count). The highest BCUT2D eigenvalue weighted by molar-refractivity contribution is 5.53.